The molecule has 3 heterocycles. The second-order valence-corrected chi connectivity index (χ2v) is 6.56. The summed E-state index contributed by atoms with van der Waals surface area (Å²) in [5.74, 6) is 1.69. The molecule has 0 atom stereocenters. The number of hydrogen-bond acceptors (Lipinski definition) is 7. The van der Waals surface area contributed by atoms with Gasteiger partial charge in [0.05, 0.1) is 17.5 Å². The van der Waals surface area contributed by atoms with Gasteiger partial charge in [-0.15, -0.1) is 0 Å². The number of hydrogen-bond donors (Lipinski definition) is 4. The average Bonchev–Trinajstić information content (AvgIpc) is 3.16. The first-order valence-corrected chi connectivity index (χ1v) is 9.09. The molecule has 8 heteroatoms. The van der Waals surface area contributed by atoms with Crippen molar-refractivity contribution in [1.82, 2.24) is 24.9 Å². The van der Waals surface area contributed by atoms with Crippen LogP contribution in [-0.4, -0.2) is 38.0 Å². The zero-order valence-electron chi connectivity index (χ0n) is 15.8. The summed E-state index contributed by atoms with van der Waals surface area (Å²) in [5.41, 5.74) is 12.0. The average molecular weight is 374 g/mol. The molecule has 4 aromatic rings. The van der Waals surface area contributed by atoms with E-state index >= 15 is 0 Å². The highest BCUT2D eigenvalue weighted by Gasteiger charge is 2.09. The molecule has 3 aromatic heterocycles. The fourth-order valence-corrected chi connectivity index (χ4v) is 3.09. The quantitative estimate of drug-likeness (QED) is 0.383. The zero-order valence-corrected chi connectivity index (χ0v) is 15.8. The lowest BCUT2D eigenvalue weighted by molar-refractivity contribution is 1.04. The van der Waals surface area contributed by atoms with Gasteiger partial charge in [0.1, 0.15) is 11.3 Å². The molecule has 0 fully saturated rings. The monoisotopic (exact) mass is 374 g/mol. The molecule has 0 saturated heterocycles. The highest BCUT2D eigenvalue weighted by atomic mass is 15.1. The number of nitrogens with zero attached hydrogens (tertiary/aromatic N) is 4. The first-order valence-electron chi connectivity index (χ1n) is 9.09. The van der Waals surface area contributed by atoms with Crippen LogP contribution in [0.3, 0.4) is 0 Å². The third-order valence-corrected chi connectivity index (χ3v) is 4.69. The van der Waals surface area contributed by atoms with Crippen LogP contribution in [-0.2, 0) is 0 Å². The number of anilines is 3. The fraction of sp³-hybridized carbons (Fsp3) is 0.200. The first kappa shape index (κ1) is 17.7. The molecule has 0 radical (unpaired) electrons. The molecular weight excluding hydrogens is 352 g/mol. The van der Waals surface area contributed by atoms with Gasteiger partial charge in [-0.3, -0.25) is 0 Å². The lowest BCUT2D eigenvalue weighted by Gasteiger charge is -2.12. The third kappa shape index (κ3) is 3.57. The minimum atomic E-state index is 0.247. The van der Waals surface area contributed by atoms with E-state index in [9.17, 15) is 0 Å². The Balaban J connectivity index is 1.45. The van der Waals surface area contributed by atoms with Crippen molar-refractivity contribution in [3.05, 3.63) is 54.0 Å². The smallest absolute Gasteiger partial charge is 0.222 e. The summed E-state index contributed by atoms with van der Waals surface area (Å²) in [6.07, 6.45) is 3.41. The summed E-state index contributed by atoms with van der Waals surface area (Å²) in [6.45, 7) is 5.47. The van der Waals surface area contributed by atoms with Gasteiger partial charge in [-0.25, -0.2) is 15.0 Å². The van der Waals surface area contributed by atoms with E-state index in [0.717, 1.165) is 28.1 Å². The Hall–Kier alpha value is -3.68. The van der Waals surface area contributed by atoms with E-state index in [1.807, 2.05) is 24.3 Å². The van der Waals surface area contributed by atoms with Gasteiger partial charge in [0.25, 0.3) is 0 Å². The van der Waals surface area contributed by atoms with Crippen LogP contribution in [0.25, 0.3) is 22.3 Å². The second kappa shape index (κ2) is 7.51. The number of fused-ring (bicyclic) bond motifs is 1. The highest BCUT2D eigenvalue weighted by molar-refractivity contribution is 5.85. The Morgan fingerprint density at radius 3 is 2.79 bits per heavy atom. The van der Waals surface area contributed by atoms with Gasteiger partial charge in [-0.1, -0.05) is 18.2 Å². The molecule has 0 bridgehead atoms. The van der Waals surface area contributed by atoms with Crippen molar-refractivity contribution in [3.8, 4) is 11.3 Å². The van der Waals surface area contributed by atoms with E-state index in [1.165, 1.54) is 11.1 Å². The molecule has 5 N–H and O–H groups in total. The summed E-state index contributed by atoms with van der Waals surface area (Å²) < 4.78 is 0. The molecule has 142 valence electrons. The number of nitrogen functional groups attached to an aromatic ring is 1. The minimum absolute atomic E-state index is 0.247. The molecule has 0 amide bonds. The van der Waals surface area contributed by atoms with Crippen molar-refractivity contribution >= 4 is 28.6 Å². The van der Waals surface area contributed by atoms with Crippen LogP contribution in [0.4, 0.5) is 17.6 Å². The molecule has 1 aromatic carbocycles. The standard InChI is InChI=1S/C20H22N8/c1-12-4-3-5-14(13(12)2)16-10-17(28-20(21)27-16)22-8-9-24-19-18-15(6-7-23-19)25-11-26-18/h3-7,10-11H,8-9H2,1-2H3,(H,23,24)(H,25,26)(H3,21,22,27,28). The lowest BCUT2D eigenvalue weighted by atomic mass is 10.0. The molecule has 0 aliphatic heterocycles. The van der Waals surface area contributed by atoms with Crippen LogP contribution in [0.2, 0.25) is 0 Å². The first-order chi connectivity index (χ1) is 13.6. The van der Waals surface area contributed by atoms with Gasteiger partial charge in [0.2, 0.25) is 5.95 Å². The number of aromatic amines is 1. The Kier molecular flexibility index (Phi) is 4.76. The largest absolute Gasteiger partial charge is 0.368 e. The van der Waals surface area contributed by atoms with Crippen LogP contribution in [0.15, 0.2) is 42.9 Å². The number of imidazole rings is 1. The summed E-state index contributed by atoms with van der Waals surface area (Å²) in [6, 6.07) is 9.97. The zero-order chi connectivity index (χ0) is 19.5. The number of benzene rings is 1. The summed E-state index contributed by atoms with van der Waals surface area (Å²) in [5, 5.41) is 6.58. The molecule has 0 aliphatic rings. The number of nitrogens with two attached hydrogens (primary N) is 1. The molecule has 0 saturated carbocycles. The van der Waals surface area contributed by atoms with E-state index in [1.54, 1.807) is 12.5 Å². The van der Waals surface area contributed by atoms with Crippen LogP contribution in [0, 0.1) is 13.8 Å². The maximum atomic E-state index is 5.93. The fourth-order valence-electron chi connectivity index (χ4n) is 3.09. The number of rotatable bonds is 6. The molecule has 8 nitrogen and oxygen atoms in total. The van der Waals surface area contributed by atoms with Crippen molar-refractivity contribution in [1.29, 1.82) is 0 Å². The van der Waals surface area contributed by atoms with E-state index in [2.05, 4.69) is 55.5 Å². The van der Waals surface area contributed by atoms with Gasteiger partial charge >= 0.3 is 0 Å². The number of nitrogens with one attached hydrogen (secondary N) is 3. The summed E-state index contributed by atoms with van der Waals surface area (Å²) in [4.78, 5) is 20.4. The van der Waals surface area contributed by atoms with Gasteiger partial charge < -0.3 is 21.4 Å². The summed E-state index contributed by atoms with van der Waals surface area (Å²) >= 11 is 0. The van der Waals surface area contributed by atoms with Crippen LogP contribution >= 0.6 is 0 Å². The predicted octanol–water partition coefficient (Wildman–Crippen LogP) is 3.14. The van der Waals surface area contributed by atoms with Crippen molar-refractivity contribution in [3.63, 3.8) is 0 Å². The Bertz CT molecular complexity index is 1120. The van der Waals surface area contributed by atoms with Crippen LogP contribution in [0.5, 0.6) is 0 Å². The lowest BCUT2D eigenvalue weighted by Crippen LogP contribution is -2.16. The van der Waals surface area contributed by atoms with E-state index in [4.69, 9.17) is 5.73 Å². The predicted molar refractivity (Wildman–Crippen MR) is 112 cm³/mol. The SMILES string of the molecule is Cc1cccc(-c2cc(NCCNc3nccc4[nH]cnc34)nc(N)n2)c1C. The molecule has 0 aliphatic carbocycles. The maximum Gasteiger partial charge on any atom is 0.222 e. The number of aromatic nitrogens is 5. The maximum absolute atomic E-state index is 5.93. The Morgan fingerprint density at radius 2 is 1.89 bits per heavy atom. The number of H-pyrrole nitrogens is 1. The topological polar surface area (TPSA) is 117 Å². The molecular formula is C20H22N8. The van der Waals surface area contributed by atoms with Gasteiger partial charge in [0.15, 0.2) is 5.82 Å². The molecule has 4 rings (SSSR count). The Labute approximate surface area is 162 Å². The van der Waals surface area contributed by atoms with Crippen molar-refractivity contribution in [2.75, 3.05) is 29.5 Å². The molecule has 0 unspecified atom stereocenters. The number of aryl methyl sites for hydroxylation is 1. The normalized spacial score (nSPS) is 10.9. The van der Waals surface area contributed by atoms with Crippen LogP contribution in [0.1, 0.15) is 11.1 Å². The second-order valence-electron chi connectivity index (χ2n) is 6.56. The molecule has 0 spiro atoms. The molecule has 28 heavy (non-hydrogen) atoms. The van der Waals surface area contributed by atoms with E-state index in [-0.39, 0.29) is 5.95 Å². The Morgan fingerprint density at radius 1 is 1.04 bits per heavy atom. The highest BCUT2D eigenvalue weighted by Crippen LogP contribution is 2.26. The van der Waals surface area contributed by atoms with Crippen molar-refractivity contribution in [2.24, 2.45) is 0 Å². The van der Waals surface area contributed by atoms with Gasteiger partial charge in [-0.2, -0.15) is 4.98 Å². The van der Waals surface area contributed by atoms with Gasteiger partial charge in [0, 0.05) is 30.9 Å². The minimum Gasteiger partial charge on any atom is -0.368 e. The van der Waals surface area contributed by atoms with Crippen molar-refractivity contribution in [2.45, 2.75) is 13.8 Å². The summed E-state index contributed by atoms with van der Waals surface area (Å²) in [7, 11) is 0. The van der Waals surface area contributed by atoms with Crippen LogP contribution < -0.4 is 16.4 Å². The van der Waals surface area contributed by atoms with Crippen molar-refractivity contribution < 1.29 is 0 Å². The van der Waals surface area contributed by atoms with E-state index in [0.29, 0.717) is 18.9 Å². The van der Waals surface area contributed by atoms with Gasteiger partial charge in [-0.05, 0) is 31.0 Å². The van der Waals surface area contributed by atoms with E-state index < -0.39 is 0 Å². The number of pyridine rings is 1. The third-order valence-electron chi connectivity index (χ3n) is 4.69.